The Balaban J connectivity index is 2.42. The van der Waals surface area contributed by atoms with Crippen molar-refractivity contribution in [3.05, 3.63) is 66.5 Å². The van der Waals surface area contributed by atoms with Crippen molar-refractivity contribution in [2.24, 2.45) is 5.73 Å². The summed E-state index contributed by atoms with van der Waals surface area (Å²) in [5.41, 5.74) is 2.44. The molecule has 0 aliphatic rings. The highest BCUT2D eigenvalue weighted by Gasteiger charge is 2.18. The van der Waals surface area contributed by atoms with Crippen molar-refractivity contribution in [2.45, 2.75) is 0 Å². The highest BCUT2D eigenvalue weighted by Crippen LogP contribution is 2.21. The van der Waals surface area contributed by atoms with Gasteiger partial charge in [-0.15, -0.1) is 0 Å². The van der Waals surface area contributed by atoms with Gasteiger partial charge in [0, 0.05) is 5.56 Å². The summed E-state index contributed by atoms with van der Waals surface area (Å²) >= 11 is 0. The van der Waals surface area contributed by atoms with Crippen molar-refractivity contribution in [1.82, 2.24) is 9.97 Å². The Bertz CT molecular complexity index is 927. The maximum atomic E-state index is 11.5. The predicted octanol–water partition coefficient (Wildman–Crippen LogP) is 0.00590. The zero-order valence-electron chi connectivity index (χ0n) is 12.1. The van der Waals surface area contributed by atoms with Crippen molar-refractivity contribution in [3.63, 3.8) is 0 Å². The summed E-state index contributed by atoms with van der Waals surface area (Å²) in [5, 5.41) is 11.0. The third-order valence-electron chi connectivity index (χ3n) is 2.85. The van der Waals surface area contributed by atoms with Gasteiger partial charge in [-0.1, -0.05) is 18.2 Å². The summed E-state index contributed by atoms with van der Waals surface area (Å²) in [6, 6.07) is 6.51. The van der Waals surface area contributed by atoms with E-state index in [2.05, 4.69) is 4.98 Å². The summed E-state index contributed by atoms with van der Waals surface area (Å²) in [7, 11) is 0. The standard InChI is InChI=1S/C14H12N4O6/c15-11(19)7-24-10-4-2-1-3-8(10)5-6-9-12(18(22)23)13(20)17-14(21)16-9/h1-6H,7H2,(H2,15,19)(H2,16,17,20,21)/b6-5+. The molecule has 1 amide bonds. The van der Waals surface area contributed by atoms with Crippen LogP contribution in [0.25, 0.3) is 12.2 Å². The molecule has 24 heavy (non-hydrogen) atoms. The van der Waals surface area contributed by atoms with E-state index in [9.17, 15) is 24.5 Å². The Hall–Kier alpha value is -3.69. The first-order valence-electron chi connectivity index (χ1n) is 6.57. The molecule has 2 rings (SSSR count). The van der Waals surface area contributed by atoms with Crippen LogP contribution in [-0.4, -0.2) is 27.4 Å². The van der Waals surface area contributed by atoms with Crippen LogP contribution in [0.1, 0.15) is 11.3 Å². The second-order valence-corrected chi connectivity index (χ2v) is 4.55. The zero-order chi connectivity index (χ0) is 17.7. The second kappa shape index (κ2) is 7.05. The first-order chi connectivity index (χ1) is 11.4. The first kappa shape index (κ1) is 16.7. The quantitative estimate of drug-likeness (QED) is 0.498. The molecule has 1 aromatic carbocycles. The molecule has 2 aromatic rings. The molecule has 10 heteroatoms. The molecule has 0 saturated carbocycles. The van der Waals surface area contributed by atoms with Gasteiger partial charge < -0.3 is 15.5 Å². The summed E-state index contributed by atoms with van der Waals surface area (Å²) in [5.74, 6) is -0.356. The van der Waals surface area contributed by atoms with E-state index in [0.717, 1.165) is 0 Å². The molecule has 4 N–H and O–H groups in total. The Morgan fingerprint density at radius 2 is 1.96 bits per heavy atom. The molecule has 1 aromatic heterocycles. The van der Waals surface area contributed by atoms with Crippen LogP contribution in [-0.2, 0) is 4.79 Å². The molecule has 0 aliphatic carbocycles. The van der Waals surface area contributed by atoms with Gasteiger partial charge in [0.15, 0.2) is 6.61 Å². The SMILES string of the molecule is NC(=O)COc1ccccc1/C=C/c1[nH]c(=O)[nH]c(=O)c1[N+](=O)[O-]. The lowest BCUT2D eigenvalue weighted by Crippen LogP contribution is -2.25. The lowest BCUT2D eigenvalue weighted by molar-refractivity contribution is -0.386. The highest BCUT2D eigenvalue weighted by atomic mass is 16.6. The number of amides is 1. The van der Waals surface area contributed by atoms with Gasteiger partial charge in [-0.25, -0.2) is 4.79 Å². The van der Waals surface area contributed by atoms with E-state index in [4.69, 9.17) is 10.5 Å². The number of primary amides is 1. The van der Waals surface area contributed by atoms with Crippen molar-refractivity contribution in [2.75, 3.05) is 6.61 Å². The third kappa shape index (κ3) is 3.94. The van der Waals surface area contributed by atoms with Crippen molar-refractivity contribution >= 4 is 23.7 Å². The van der Waals surface area contributed by atoms with Crippen LogP contribution in [0.5, 0.6) is 5.75 Å². The lowest BCUT2D eigenvalue weighted by atomic mass is 10.1. The molecular weight excluding hydrogens is 320 g/mol. The molecule has 0 spiro atoms. The maximum absolute atomic E-state index is 11.5. The van der Waals surface area contributed by atoms with Gasteiger partial charge in [0.05, 0.1) is 4.92 Å². The molecule has 1 heterocycles. The smallest absolute Gasteiger partial charge is 0.357 e. The Morgan fingerprint density at radius 1 is 1.25 bits per heavy atom. The molecule has 0 unspecified atom stereocenters. The number of nitro groups is 1. The van der Waals surface area contributed by atoms with E-state index >= 15 is 0 Å². The predicted molar refractivity (Wildman–Crippen MR) is 84.4 cm³/mol. The van der Waals surface area contributed by atoms with Gasteiger partial charge >= 0.3 is 16.9 Å². The fourth-order valence-corrected chi connectivity index (χ4v) is 1.87. The molecule has 0 saturated heterocycles. The van der Waals surface area contributed by atoms with Crippen molar-refractivity contribution in [1.29, 1.82) is 0 Å². The fourth-order valence-electron chi connectivity index (χ4n) is 1.87. The second-order valence-electron chi connectivity index (χ2n) is 4.55. The topological polar surface area (TPSA) is 161 Å². The number of nitrogens with two attached hydrogens (primary N) is 1. The van der Waals surface area contributed by atoms with Gasteiger partial charge in [0.25, 0.3) is 5.91 Å². The number of aromatic amines is 2. The number of nitrogens with one attached hydrogen (secondary N) is 2. The van der Waals surface area contributed by atoms with Crippen LogP contribution in [0, 0.1) is 10.1 Å². The van der Waals surface area contributed by atoms with E-state index in [-0.39, 0.29) is 12.3 Å². The summed E-state index contributed by atoms with van der Waals surface area (Å²) in [6.45, 7) is -0.340. The van der Waals surface area contributed by atoms with Crippen molar-refractivity contribution < 1.29 is 14.5 Å². The van der Waals surface area contributed by atoms with Crippen LogP contribution in [0.15, 0.2) is 33.9 Å². The molecule has 0 aliphatic heterocycles. The largest absolute Gasteiger partial charge is 0.483 e. The fraction of sp³-hybridized carbons (Fsp3) is 0.0714. The average Bonchev–Trinajstić information content (AvgIpc) is 2.50. The number of hydrogen-bond acceptors (Lipinski definition) is 6. The van der Waals surface area contributed by atoms with Gasteiger partial charge in [-0.2, -0.15) is 0 Å². The highest BCUT2D eigenvalue weighted by molar-refractivity contribution is 5.76. The summed E-state index contributed by atoms with van der Waals surface area (Å²) in [6.07, 6.45) is 2.59. The third-order valence-corrected chi connectivity index (χ3v) is 2.85. The monoisotopic (exact) mass is 332 g/mol. The summed E-state index contributed by atoms with van der Waals surface area (Å²) < 4.78 is 5.21. The van der Waals surface area contributed by atoms with Crippen LogP contribution in [0.4, 0.5) is 5.69 Å². The van der Waals surface area contributed by atoms with E-state index < -0.39 is 27.8 Å². The number of hydrogen-bond donors (Lipinski definition) is 3. The number of rotatable bonds is 6. The Morgan fingerprint density at radius 3 is 2.62 bits per heavy atom. The number of carbonyl (C=O) groups is 1. The average molecular weight is 332 g/mol. The van der Waals surface area contributed by atoms with E-state index in [1.165, 1.54) is 12.2 Å². The number of aromatic nitrogens is 2. The molecule has 10 nitrogen and oxygen atoms in total. The van der Waals surface area contributed by atoms with Gasteiger partial charge in [0.2, 0.25) is 0 Å². The molecule has 0 fully saturated rings. The number of ether oxygens (including phenoxy) is 1. The van der Waals surface area contributed by atoms with Crippen LogP contribution >= 0.6 is 0 Å². The minimum atomic E-state index is -1.11. The molecular formula is C14H12N4O6. The molecule has 0 bridgehead atoms. The Labute approximate surface area is 133 Å². The molecule has 0 atom stereocenters. The van der Waals surface area contributed by atoms with Gasteiger partial charge in [-0.05, 0) is 18.2 Å². The van der Waals surface area contributed by atoms with E-state index in [1.54, 1.807) is 29.2 Å². The zero-order valence-corrected chi connectivity index (χ0v) is 12.1. The van der Waals surface area contributed by atoms with Crippen molar-refractivity contribution in [3.8, 4) is 5.75 Å². The van der Waals surface area contributed by atoms with Gasteiger partial charge in [0.1, 0.15) is 11.4 Å². The van der Waals surface area contributed by atoms with Gasteiger partial charge in [-0.3, -0.25) is 24.7 Å². The minimum Gasteiger partial charge on any atom is -0.483 e. The van der Waals surface area contributed by atoms with E-state index in [0.29, 0.717) is 11.3 Å². The summed E-state index contributed by atoms with van der Waals surface area (Å²) in [4.78, 5) is 47.6. The molecule has 0 radical (unpaired) electrons. The van der Waals surface area contributed by atoms with E-state index in [1.807, 2.05) is 0 Å². The number of benzene rings is 1. The molecule has 124 valence electrons. The number of carbonyl (C=O) groups excluding carboxylic acids is 1. The lowest BCUT2D eigenvalue weighted by Gasteiger charge is -2.06. The number of para-hydroxylation sites is 1. The number of nitrogens with zero attached hydrogens (tertiary/aromatic N) is 1. The normalized spacial score (nSPS) is 10.7. The first-order valence-corrected chi connectivity index (χ1v) is 6.57. The van der Waals surface area contributed by atoms with Crippen LogP contribution in [0.3, 0.4) is 0 Å². The van der Waals surface area contributed by atoms with Crippen LogP contribution < -0.4 is 21.7 Å². The minimum absolute atomic E-state index is 0.265. The number of H-pyrrole nitrogens is 2. The maximum Gasteiger partial charge on any atom is 0.357 e. The Kier molecular flexibility index (Phi) is 4.90. The van der Waals surface area contributed by atoms with Crippen LogP contribution in [0.2, 0.25) is 0 Å².